The van der Waals surface area contributed by atoms with E-state index in [0.717, 1.165) is 50.9 Å². The Kier molecular flexibility index (Phi) is 7.81. The van der Waals surface area contributed by atoms with Gasteiger partial charge in [0.05, 0.1) is 18.8 Å². The Labute approximate surface area is 217 Å². The third-order valence-electron chi connectivity index (χ3n) is 7.38. The topological polar surface area (TPSA) is 101 Å². The predicted molar refractivity (Wildman–Crippen MR) is 137 cm³/mol. The number of esters is 1. The molecule has 0 N–H and O–H groups in total. The number of hydrogen-bond acceptors (Lipinski definition) is 8. The maximum atomic E-state index is 11.5. The van der Waals surface area contributed by atoms with Crippen molar-refractivity contribution >= 4 is 5.97 Å². The molecule has 1 saturated carbocycles. The van der Waals surface area contributed by atoms with Gasteiger partial charge in [-0.3, -0.25) is 9.69 Å². The fraction of sp³-hybridized carbons (Fsp3) is 0.448. The van der Waals surface area contributed by atoms with Gasteiger partial charge in [0.2, 0.25) is 5.82 Å². The maximum Gasteiger partial charge on any atom is 0.305 e. The molecule has 3 aromatic rings. The van der Waals surface area contributed by atoms with Crippen molar-refractivity contribution < 1.29 is 18.8 Å². The normalized spacial score (nSPS) is 17.0. The average molecular weight is 501 g/mol. The number of piperidine rings is 1. The van der Waals surface area contributed by atoms with E-state index in [4.69, 9.17) is 14.0 Å². The highest BCUT2D eigenvalue weighted by molar-refractivity contribution is 5.69. The van der Waals surface area contributed by atoms with Crippen molar-refractivity contribution in [2.75, 3.05) is 20.2 Å². The first-order valence-corrected chi connectivity index (χ1v) is 13.0. The van der Waals surface area contributed by atoms with E-state index < -0.39 is 0 Å². The van der Waals surface area contributed by atoms with Crippen molar-refractivity contribution in [2.24, 2.45) is 5.92 Å². The van der Waals surface area contributed by atoms with Crippen molar-refractivity contribution in [3.63, 3.8) is 0 Å². The van der Waals surface area contributed by atoms with Gasteiger partial charge in [0.25, 0.3) is 5.89 Å². The summed E-state index contributed by atoms with van der Waals surface area (Å²) in [5, 5.41) is 13.8. The van der Waals surface area contributed by atoms with Crippen LogP contribution in [0.25, 0.3) is 22.8 Å². The fourth-order valence-electron chi connectivity index (χ4n) is 5.18. The molecule has 1 aliphatic heterocycles. The van der Waals surface area contributed by atoms with E-state index in [0.29, 0.717) is 40.9 Å². The number of carbonyl (C=O) groups excluding carboxylic acids is 1. The first-order valence-electron chi connectivity index (χ1n) is 13.0. The summed E-state index contributed by atoms with van der Waals surface area (Å²) in [5.74, 6) is 1.79. The van der Waals surface area contributed by atoms with Crippen LogP contribution in [-0.2, 0) is 16.1 Å². The summed E-state index contributed by atoms with van der Waals surface area (Å²) < 4.78 is 16.4. The van der Waals surface area contributed by atoms with Crippen LogP contribution in [0.4, 0.5) is 0 Å². The van der Waals surface area contributed by atoms with Crippen LogP contribution in [0.3, 0.4) is 0 Å². The standard InChI is InChI=1S/C29H32N4O4/c1-35-27(34)16-20-12-14-33(15-13-20)19-21-6-8-22(9-7-21)28-31-29(37-32-28)23-10-11-26(24(17-23)18-30)36-25-4-2-3-5-25/h6-11,17,20,25H,2-5,12-16,19H2,1H3. The van der Waals surface area contributed by atoms with Crippen molar-refractivity contribution in [3.05, 3.63) is 53.6 Å². The summed E-state index contributed by atoms with van der Waals surface area (Å²) in [6, 6.07) is 15.9. The van der Waals surface area contributed by atoms with E-state index in [1.54, 1.807) is 6.07 Å². The van der Waals surface area contributed by atoms with E-state index in [1.807, 2.05) is 24.3 Å². The highest BCUT2D eigenvalue weighted by Gasteiger charge is 2.22. The van der Waals surface area contributed by atoms with E-state index >= 15 is 0 Å². The Morgan fingerprint density at radius 3 is 2.51 bits per heavy atom. The van der Waals surface area contributed by atoms with Crippen molar-refractivity contribution in [1.29, 1.82) is 5.26 Å². The van der Waals surface area contributed by atoms with Crippen LogP contribution in [0, 0.1) is 17.2 Å². The first-order chi connectivity index (χ1) is 18.1. The molecule has 2 heterocycles. The van der Waals surface area contributed by atoms with E-state index in [2.05, 4.69) is 33.2 Å². The minimum absolute atomic E-state index is 0.116. The van der Waals surface area contributed by atoms with Crippen molar-refractivity contribution in [2.45, 2.75) is 57.6 Å². The van der Waals surface area contributed by atoms with E-state index in [9.17, 15) is 10.1 Å². The molecule has 1 aromatic heterocycles. The molecule has 2 aliphatic rings. The number of nitriles is 1. The second kappa shape index (κ2) is 11.6. The van der Waals surface area contributed by atoms with Gasteiger partial charge in [0.1, 0.15) is 11.8 Å². The van der Waals surface area contributed by atoms with Gasteiger partial charge in [0, 0.05) is 24.1 Å². The molecule has 2 aromatic carbocycles. The number of aromatic nitrogens is 2. The molecule has 1 aliphatic carbocycles. The minimum Gasteiger partial charge on any atom is -0.489 e. The van der Waals surface area contributed by atoms with Gasteiger partial charge in [-0.25, -0.2) is 0 Å². The molecule has 0 radical (unpaired) electrons. The minimum atomic E-state index is -0.116. The van der Waals surface area contributed by atoms with Gasteiger partial charge in [-0.1, -0.05) is 29.4 Å². The highest BCUT2D eigenvalue weighted by atomic mass is 16.5. The molecule has 0 bridgehead atoms. The van der Waals surface area contributed by atoms with Crippen LogP contribution in [-0.4, -0.2) is 47.3 Å². The molecule has 2 fully saturated rings. The number of benzene rings is 2. The quantitative estimate of drug-likeness (QED) is 0.380. The number of rotatable bonds is 8. The number of ether oxygens (including phenoxy) is 2. The van der Waals surface area contributed by atoms with E-state index in [-0.39, 0.29) is 12.1 Å². The van der Waals surface area contributed by atoms with E-state index in [1.165, 1.54) is 25.5 Å². The lowest BCUT2D eigenvalue weighted by molar-refractivity contribution is -0.142. The molecule has 0 unspecified atom stereocenters. The number of methoxy groups -OCH3 is 1. The second-order valence-electron chi connectivity index (χ2n) is 9.97. The van der Waals surface area contributed by atoms with Crippen LogP contribution in [0.2, 0.25) is 0 Å². The fourth-order valence-corrected chi connectivity index (χ4v) is 5.18. The Hall–Kier alpha value is -3.70. The summed E-state index contributed by atoms with van der Waals surface area (Å²) in [4.78, 5) is 18.5. The zero-order chi connectivity index (χ0) is 25.6. The molecule has 192 valence electrons. The third kappa shape index (κ3) is 6.17. The van der Waals surface area contributed by atoms with Gasteiger partial charge in [-0.2, -0.15) is 10.2 Å². The zero-order valence-electron chi connectivity index (χ0n) is 21.2. The van der Waals surface area contributed by atoms with Gasteiger partial charge in [-0.05, 0) is 81.3 Å². The lowest BCUT2D eigenvalue weighted by atomic mass is 9.93. The third-order valence-corrected chi connectivity index (χ3v) is 7.38. The Bertz CT molecular complexity index is 1250. The molecule has 0 atom stereocenters. The second-order valence-corrected chi connectivity index (χ2v) is 9.97. The highest BCUT2D eigenvalue weighted by Crippen LogP contribution is 2.31. The predicted octanol–water partition coefficient (Wildman–Crippen LogP) is 5.37. The number of nitrogens with zero attached hydrogens (tertiary/aromatic N) is 4. The molecule has 37 heavy (non-hydrogen) atoms. The summed E-state index contributed by atoms with van der Waals surface area (Å²) >= 11 is 0. The summed E-state index contributed by atoms with van der Waals surface area (Å²) in [5.41, 5.74) is 3.26. The SMILES string of the molecule is COC(=O)CC1CCN(Cc2ccc(-c3noc(-c4ccc(OC5CCCC5)c(C#N)c4)n3)cc2)CC1. The van der Waals surface area contributed by atoms with Crippen molar-refractivity contribution in [3.8, 4) is 34.7 Å². The molecule has 8 nitrogen and oxygen atoms in total. The average Bonchev–Trinajstić information content (AvgIpc) is 3.63. The molecule has 1 saturated heterocycles. The number of hydrogen-bond donors (Lipinski definition) is 0. The molecular formula is C29H32N4O4. The zero-order valence-corrected chi connectivity index (χ0v) is 21.2. The summed E-state index contributed by atoms with van der Waals surface area (Å²) in [7, 11) is 1.45. The van der Waals surface area contributed by atoms with Crippen LogP contribution >= 0.6 is 0 Å². The van der Waals surface area contributed by atoms with Crippen molar-refractivity contribution in [1.82, 2.24) is 15.0 Å². The lowest BCUT2D eigenvalue weighted by Crippen LogP contribution is -2.34. The van der Waals surface area contributed by atoms with Crippen LogP contribution in [0.5, 0.6) is 5.75 Å². The molecular weight excluding hydrogens is 468 g/mol. The monoisotopic (exact) mass is 500 g/mol. The summed E-state index contributed by atoms with van der Waals surface area (Å²) in [6.45, 7) is 2.83. The maximum absolute atomic E-state index is 11.5. The molecule has 0 spiro atoms. The van der Waals surface area contributed by atoms with Crippen LogP contribution in [0.1, 0.15) is 56.1 Å². The number of likely N-dealkylation sites (tertiary alicyclic amines) is 1. The Balaban J connectivity index is 1.19. The molecule has 8 heteroatoms. The van der Waals surface area contributed by atoms with Gasteiger partial charge in [0.15, 0.2) is 0 Å². The lowest BCUT2D eigenvalue weighted by Gasteiger charge is -2.31. The smallest absolute Gasteiger partial charge is 0.305 e. The first kappa shape index (κ1) is 25.0. The van der Waals surface area contributed by atoms with Gasteiger partial charge in [-0.15, -0.1) is 0 Å². The largest absolute Gasteiger partial charge is 0.489 e. The van der Waals surface area contributed by atoms with Gasteiger partial charge >= 0.3 is 5.97 Å². The van der Waals surface area contributed by atoms with Gasteiger partial charge < -0.3 is 14.0 Å². The Morgan fingerprint density at radius 1 is 1.08 bits per heavy atom. The molecule has 5 rings (SSSR count). The van der Waals surface area contributed by atoms with Crippen LogP contribution < -0.4 is 4.74 Å². The Morgan fingerprint density at radius 2 is 1.81 bits per heavy atom. The molecule has 0 amide bonds. The van der Waals surface area contributed by atoms with Crippen LogP contribution in [0.15, 0.2) is 47.0 Å². The summed E-state index contributed by atoms with van der Waals surface area (Å²) in [6.07, 6.45) is 7.15. The number of carbonyl (C=O) groups is 1.